The summed E-state index contributed by atoms with van der Waals surface area (Å²) < 4.78 is 53.9. The number of carbonyl (C=O) groups excluding carboxylic acids is 1. The van der Waals surface area contributed by atoms with Gasteiger partial charge in [-0.3, -0.25) is 19.4 Å². The van der Waals surface area contributed by atoms with Gasteiger partial charge < -0.3 is 14.3 Å². The van der Waals surface area contributed by atoms with Gasteiger partial charge in [-0.05, 0) is 33.9 Å². The van der Waals surface area contributed by atoms with E-state index in [2.05, 4.69) is 14.9 Å². The summed E-state index contributed by atoms with van der Waals surface area (Å²) in [5.41, 5.74) is 0. The molecule has 160 valence electrons. The molecule has 1 atom stereocenters. The van der Waals surface area contributed by atoms with Crippen LogP contribution in [0.15, 0.2) is 5.16 Å². The Morgan fingerprint density at radius 2 is 1.70 bits per heavy atom. The number of hydrogen-bond donors (Lipinski definition) is 0. The van der Waals surface area contributed by atoms with E-state index in [1.54, 1.807) is 6.92 Å². The van der Waals surface area contributed by atoms with E-state index in [9.17, 15) is 25.8 Å². The molecular formula is C13H22F6N4O3P-. The van der Waals surface area contributed by atoms with Crippen LogP contribution in [-0.4, -0.2) is 61.7 Å². The Labute approximate surface area is 153 Å². The fourth-order valence-electron chi connectivity index (χ4n) is 2.02. The fourth-order valence-corrected chi connectivity index (χ4v) is 2.02. The van der Waals surface area contributed by atoms with E-state index in [4.69, 9.17) is 16.1 Å². The molecular weight excluding hydrogens is 405 g/mol. The van der Waals surface area contributed by atoms with Crippen molar-refractivity contribution in [3.8, 4) is 0 Å². The molecule has 0 radical (unpaired) electrons. The average molecular weight is 427 g/mol. The number of piperidine rings is 1. The Morgan fingerprint density at radius 1 is 1.22 bits per heavy atom. The molecule has 0 N–H and O–H groups in total. The van der Waals surface area contributed by atoms with Gasteiger partial charge in [-0.25, -0.2) is 0 Å². The number of likely N-dealkylation sites (tertiary alicyclic amines) is 1. The third kappa shape index (κ3) is 15.1. The summed E-state index contributed by atoms with van der Waals surface area (Å²) in [6.07, 6.45) is 3.08. The molecule has 1 aliphatic heterocycles. The van der Waals surface area contributed by atoms with Gasteiger partial charge in [0.25, 0.3) is 6.35 Å². The molecule has 1 fully saturated rings. The van der Waals surface area contributed by atoms with Gasteiger partial charge in [0.15, 0.2) is 0 Å². The zero-order valence-corrected chi connectivity index (χ0v) is 15.9. The van der Waals surface area contributed by atoms with Gasteiger partial charge in [-0.15, -0.1) is 0 Å². The van der Waals surface area contributed by atoms with Crippen LogP contribution >= 0.6 is 8.16 Å². The van der Waals surface area contributed by atoms with Gasteiger partial charge in [0, 0.05) is 13.1 Å². The van der Waals surface area contributed by atoms with Crippen molar-refractivity contribution in [2.45, 2.75) is 32.5 Å². The second-order valence-electron chi connectivity index (χ2n) is 5.38. The first-order valence-electron chi connectivity index (χ1n) is 7.63. The molecule has 1 unspecified atom stereocenters. The number of halogens is 6. The van der Waals surface area contributed by atoms with Crippen LogP contribution in [0.5, 0.6) is 0 Å². The molecule has 0 amide bonds. The number of hydrogen-bond acceptors (Lipinski definition) is 6. The second kappa shape index (κ2) is 11.9. The van der Waals surface area contributed by atoms with Gasteiger partial charge in [-0.2, -0.15) is 0 Å². The molecule has 0 bridgehead atoms. The molecule has 0 aromatic heterocycles. The van der Waals surface area contributed by atoms with E-state index >= 15 is 0 Å². The van der Waals surface area contributed by atoms with Crippen LogP contribution in [0.25, 0.3) is 4.85 Å². The third-order valence-electron chi connectivity index (χ3n) is 2.94. The summed E-state index contributed by atoms with van der Waals surface area (Å²) in [6.45, 7) is 10.7. The van der Waals surface area contributed by atoms with Crippen LogP contribution in [0.4, 0.5) is 21.0 Å². The number of carbonyl (C=O) groups is 1. The monoisotopic (exact) mass is 427 g/mol. The molecule has 0 aliphatic carbocycles. The number of nitrogens with zero attached hydrogens (tertiary/aromatic N) is 4. The van der Waals surface area contributed by atoms with Crippen molar-refractivity contribution in [3.05, 3.63) is 11.4 Å². The molecule has 1 aliphatic rings. The minimum atomic E-state index is -8.55. The first-order chi connectivity index (χ1) is 11.8. The first-order valence-corrected chi connectivity index (χ1v) is 9.32. The third-order valence-corrected chi connectivity index (χ3v) is 2.94. The predicted molar refractivity (Wildman–Crippen MR) is 87.1 cm³/mol. The molecule has 0 saturated carbocycles. The van der Waals surface area contributed by atoms with E-state index in [0.717, 1.165) is 25.9 Å². The zero-order valence-electron chi connectivity index (χ0n) is 15.0. The summed E-state index contributed by atoms with van der Waals surface area (Å²) in [6, 6.07) is 0. The summed E-state index contributed by atoms with van der Waals surface area (Å²) in [5, 5.41) is 3.66. The van der Waals surface area contributed by atoms with E-state index in [0.29, 0.717) is 0 Å². The molecule has 0 spiro atoms. The van der Waals surface area contributed by atoms with Crippen molar-refractivity contribution < 1.29 is 40.1 Å². The summed E-state index contributed by atoms with van der Waals surface area (Å²) in [4.78, 5) is 23.9. The van der Waals surface area contributed by atoms with Crippen molar-refractivity contribution in [2.24, 2.45) is 5.16 Å². The molecule has 1 saturated heterocycles. The SMILES string of the molecule is FP(F)(F)(F)F.[C-]#[N+]C(=NOC(N(C)C)N1CCCCC1)C(=O)OCC.[F-]. The first kappa shape index (κ1) is 27.6. The molecule has 1 rings (SSSR count). The fraction of sp³-hybridized carbons (Fsp3) is 0.769. The van der Waals surface area contributed by atoms with Crippen molar-refractivity contribution in [1.29, 1.82) is 0 Å². The maximum atomic E-state index is 11.5. The zero-order chi connectivity index (χ0) is 20.4. The van der Waals surface area contributed by atoms with Crippen molar-refractivity contribution in [3.63, 3.8) is 0 Å². The van der Waals surface area contributed by atoms with Gasteiger partial charge in [-0.1, -0.05) is 13.0 Å². The summed E-state index contributed by atoms with van der Waals surface area (Å²) >= 11 is 0. The predicted octanol–water partition coefficient (Wildman–Crippen LogP) is 1.10. The number of amidine groups is 1. The summed E-state index contributed by atoms with van der Waals surface area (Å²) in [5.74, 6) is -1.13. The maximum absolute atomic E-state index is 11.5. The number of oxime groups is 1. The molecule has 1 heterocycles. The molecule has 0 aromatic carbocycles. The Kier molecular flexibility index (Phi) is 12.2. The summed E-state index contributed by atoms with van der Waals surface area (Å²) in [7, 11) is -4.81. The minimum absolute atomic E-state index is 0. The van der Waals surface area contributed by atoms with E-state index < -0.39 is 14.1 Å². The van der Waals surface area contributed by atoms with Crippen molar-refractivity contribution in [2.75, 3.05) is 33.8 Å². The van der Waals surface area contributed by atoms with Crippen molar-refractivity contribution >= 4 is 20.0 Å². The van der Waals surface area contributed by atoms with Crippen LogP contribution in [0.2, 0.25) is 0 Å². The Bertz CT molecular complexity index is 513. The van der Waals surface area contributed by atoms with E-state index in [1.165, 1.54) is 6.42 Å². The van der Waals surface area contributed by atoms with E-state index in [1.807, 2.05) is 19.0 Å². The number of ether oxygens (including phenoxy) is 1. The minimum Gasteiger partial charge on any atom is -1.00 e. The standard InChI is InChI=1S/C13H22N4O3.F5P.FH/c1-5-19-12(18)11(14-2)15-20-13(16(3)4)17-9-7-6-8-10-17;1-6(2,3,4)5;/h13H,5-10H2,1,3-4H3;;1H/p-1. The number of esters is 1. The van der Waals surface area contributed by atoms with Crippen LogP contribution in [0.1, 0.15) is 26.2 Å². The van der Waals surface area contributed by atoms with Gasteiger partial charge in [0.2, 0.25) is 0 Å². The number of rotatable bonds is 5. The van der Waals surface area contributed by atoms with E-state index in [-0.39, 0.29) is 23.5 Å². The molecule has 27 heavy (non-hydrogen) atoms. The Hall–Kier alpha value is -1.64. The average Bonchev–Trinajstić information content (AvgIpc) is 2.50. The Morgan fingerprint density at radius 3 is 2.07 bits per heavy atom. The topological polar surface area (TPSA) is 58.7 Å². The largest absolute Gasteiger partial charge is 1.00 e. The molecule has 0 aromatic rings. The molecule has 14 heteroatoms. The smallest absolute Gasteiger partial charge is 0.398 e. The normalized spacial score (nSPS) is 17.9. The second-order valence-corrected chi connectivity index (χ2v) is 6.66. The van der Waals surface area contributed by atoms with Crippen LogP contribution < -0.4 is 4.70 Å². The van der Waals surface area contributed by atoms with Crippen LogP contribution in [0.3, 0.4) is 0 Å². The maximum Gasteiger partial charge on any atom is 0.398 e. The van der Waals surface area contributed by atoms with Gasteiger partial charge >= 0.3 is 40.9 Å². The molecule has 7 nitrogen and oxygen atoms in total. The van der Waals surface area contributed by atoms with Crippen LogP contribution in [-0.2, 0) is 14.4 Å². The van der Waals surface area contributed by atoms with Gasteiger partial charge in [0.1, 0.15) is 0 Å². The quantitative estimate of drug-likeness (QED) is 0.0962. The van der Waals surface area contributed by atoms with Gasteiger partial charge in [0.05, 0.1) is 11.8 Å². The Balaban J connectivity index is 0. The van der Waals surface area contributed by atoms with Crippen molar-refractivity contribution in [1.82, 2.24) is 9.80 Å². The van der Waals surface area contributed by atoms with Crippen LogP contribution in [0, 0.1) is 6.57 Å².